The number of aliphatic hydroxyl groups is 1. The summed E-state index contributed by atoms with van der Waals surface area (Å²) in [4.78, 5) is 25.6. The van der Waals surface area contributed by atoms with E-state index in [0.717, 1.165) is 0 Å². The minimum Gasteiger partial charge on any atom is -0.478 e. The van der Waals surface area contributed by atoms with Crippen molar-refractivity contribution in [3.8, 4) is 5.75 Å². The average Bonchev–Trinajstić information content (AvgIpc) is 2.51. The van der Waals surface area contributed by atoms with Crippen molar-refractivity contribution in [1.29, 1.82) is 0 Å². The Morgan fingerprint density at radius 3 is 2.90 bits per heavy atom. The van der Waals surface area contributed by atoms with Crippen molar-refractivity contribution in [3.05, 3.63) is 24.3 Å². The van der Waals surface area contributed by atoms with Gasteiger partial charge in [0.2, 0.25) is 5.91 Å². The van der Waals surface area contributed by atoms with Gasteiger partial charge in [0.05, 0.1) is 12.3 Å². The van der Waals surface area contributed by atoms with E-state index in [4.69, 9.17) is 9.84 Å². The van der Waals surface area contributed by atoms with Gasteiger partial charge in [-0.1, -0.05) is 19.1 Å². The third-order valence-corrected chi connectivity index (χ3v) is 3.33. The first-order chi connectivity index (χ1) is 10.2. The molecule has 0 aliphatic carbocycles. The highest BCUT2D eigenvalue weighted by Gasteiger charge is 2.32. The van der Waals surface area contributed by atoms with Crippen molar-refractivity contribution >= 4 is 17.5 Å². The Labute approximate surface area is 123 Å². The molecule has 0 saturated carbocycles. The molecule has 1 heterocycles. The van der Waals surface area contributed by atoms with Gasteiger partial charge in [0.25, 0.3) is 5.91 Å². The number of amides is 2. The highest BCUT2D eigenvalue weighted by Crippen LogP contribution is 2.34. The molecule has 114 valence electrons. The number of ether oxygens (including phenoxy) is 1. The van der Waals surface area contributed by atoms with Gasteiger partial charge in [0.1, 0.15) is 5.75 Å². The molecule has 2 N–H and O–H groups in total. The standard InChI is InChI=1S/C15H20N2O4/c1-2-12-15(20)17(9-7-14(19)16-8-10-18)11-5-3-4-6-13(11)21-12/h3-6,12,18H,2,7-10H2,1H3,(H,16,19). The fraction of sp³-hybridized carbons (Fsp3) is 0.467. The van der Waals surface area contributed by atoms with Crippen LogP contribution in [0.4, 0.5) is 5.69 Å². The number of nitrogens with zero attached hydrogens (tertiary/aromatic N) is 1. The summed E-state index contributed by atoms with van der Waals surface area (Å²) in [6.07, 6.45) is 0.275. The van der Waals surface area contributed by atoms with Crippen LogP contribution in [0.1, 0.15) is 19.8 Å². The second-order valence-electron chi connectivity index (χ2n) is 4.80. The molecule has 6 heteroatoms. The van der Waals surface area contributed by atoms with Gasteiger partial charge in [-0.15, -0.1) is 0 Å². The van der Waals surface area contributed by atoms with Gasteiger partial charge in [-0.25, -0.2) is 0 Å². The molecule has 0 fully saturated rings. The van der Waals surface area contributed by atoms with E-state index < -0.39 is 6.10 Å². The first kappa shape index (κ1) is 15.3. The first-order valence-electron chi connectivity index (χ1n) is 7.12. The third kappa shape index (κ3) is 3.52. The Morgan fingerprint density at radius 2 is 2.19 bits per heavy atom. The molecule has 0 spiro atoms. The first-order valence-corrected chi connectivity index (χ1v) is 7.12. The second-order valence-corrected chi connectivity index (χ2v) is 4.80. The number of para-hydroxylation sites is 2. The van der Waals surface area contributed by atoms with Gasteiger partial charge < -0.3 is 20.1 Å². The van der Waals surface area contributed by atoms with E-state index >= 15 is 0 Å². The summed E-state index contributed by atoms with van der Waals surface area (Å²) in [6.45, 7) is 2.32. The van der Waals surface area contributed by atoms with Crippen LogP contribution in [0.2, 0.25) is 0 Å². The van der Waals surface area contributed by atoms with Gasteiger partial charge in [0, 0.05) is 19.5 Å². The minimum absolute atomic E-state index is 0.0943. The fourth-order valence-corrected chi connectivity index (χ4v) is 2.26. The van der Waals surface area contributed by atoms with Gasteiger partial charge >= 0.3 is 0 Å². The largest absolute Gasteiger partial charge is 0.478 e. The van der Waals surface area contributed by atoms with Crippen LogP contribution >= 0.6 is 0 Å². The Hall–Kier alpha value is -2.08. The normalized spacial score (nSPS) is 17.1. The SMILES string of the molecule is CCC1Oc2ccccc2N(CCC(=O)NCCO)C1=O. The number of hydrogen-bond acceptors (Lipinski definition) is 4. The maximum absolute atomic E-state index is 12.4. The Balaban J connectivity index is 2.09. The second kappa shape index (κ2) is 7.08. The lowest BCUT2D eigenvalue weighted by Crippen LogP contribution is -2.47. The summed E-state index contributed by atoms with van der Waals surface area (Å²) in [5.41, 5.74) is 0.696. The molecule has 1 aromatic rings. The molecule has 6 nitrogen and oxygen atoms in total. The van der Waals surface area contributed by atoms with E-state index in [2.05, 4.69) is 5.32 Å². The number of benzene rings is 1. The lowest BCUT2D eigenvalue weighted by molar-refractivity contribution is -0.126. The van der Waals surface area contributed by atoms with Crippen LogP contribution in [0.3, 0.4) is 0 Å². The summed E-state index contributed by atoms with van der Waals surface area (Å²) >= 11 is 0. The summed E-state index contributed by atoms with van der Waals surface area (Å²) in [5.74, 6) is 0.361. The number of rotatable bonds is 6. The monoisotopic (exact) mass is 292 g/mol. The molecule has 1 aliphatic heterocycles. The van der Waals surface area contributed by atoms with Gasteiger partial charge in [0.15, 0.2) is 6.10 Å². The number of anilines is 1. The van der Waals surface area contributed by atoms with E-state index in [0.29, 0.717) is 24.4 Å². The summed E-state index contributed by atoms with van der Waals surface area (Å²) in [6, 6.07) is 7.32. The van der Waals surface area contributed by atoms with E-state index in [1.807, 2.05) is 31.2 Å². The third-order valence-electron chi connectivity index (χ3n) is 3.33. The van der Waals surface area contributed by atoms with Crippen LogP contribution in [-0.2, 0) is 9.59 Å². The van der Waals surface area contributed by atoms with E-state index in [1.54, 1.807) is 4.90 Å². The molecule has 21 heavy (non-hydrogen) atoms. The molecule has 1 aromatic carbocycles. The highest BCUT2D eigenvalue weighted by atomic mass is 16.5. The van der Waals surface area contributed by atoms with E-state index in [-0.39, 0.29) is 31.4 Å². The maximum atomic E-state index is 12.4. The zero-order valence-corrected chi connectivity index (χ0v) is 12.0. The lowest BCUT2D eigenvalue weighted by atomic mass is 10.1. The molecule has 0 saturated heterocycles. The number of carbonyl (C=O) groups is 2. The Bertz CT molecular complexity index is 518. The van der Waals surface area contributed by atoms with Crippen molar-refractivity contribution in [2.75, 3.05) is 24.6 Å². The van der Waals surface area contributed by atoms with Crippen LogP contribution in [0.25, 0.3) is 0 Å². The van der Waals surface area contributed by atoms with Crippen molar-refractivity contribution < 1.29 is 19.4 Å². The Kier molecular flexibility index (Phi) is 5.16. The quantitative estimate of drug-likeness (QED) is 0.808. The van der Waals surface area contributed by atoms with E-state index in [1.165, 1.54) is 0 Å². The zero-order valence-electron chi connectivity index (χ0n) is 12.0. The topological polar surface area (TPSA) is 78.9 Å². The summed E-state index contributed by atoms with van der Waals surface area (Å²) in [5, 5.41) is 11.3. The van der Waals surface area contributed by atoms with Crippen LogP contribution in [0.5, 0.6) is 5.75 Å². The van der Waals surface area contributed by atoms with Crippen molar-refractivity contribution in [2.45, 2.75) is 25.9 Å². The molecule has 0 radical (unpaired) electrons. The number of carbonyl (C=O) groups excluding carboxylic acids is 2. The van der Waals surface area contributed by atoms with Gasteiger partial charge in [-0.3, -0.25) is 9.59 Å². The molecule has 0 aromatic heterocycles. The molecule has 2 rings (SSSR count). The van der Waals surface area contributed by atoms with Crippen LogP contribution in [0, 0.1) is 0 Å². The number of fused-ring (bicyclic) bond motifs is 1. The summed E-state index contributed by atoms with van der Waals surface area (Å²) < 4.78 is 5.67. The average molecular weight is 292 g/mol. The smallest absolute Gasteiger partial charge is 0.268 e. The molecule has 0 bridgehead atoms. The van der Waals surface area contributed by atoms with Crippen molar-refractivity contribution in [1.82, 2.24) is 5.32 Å². The Morgan fingerprint density at radius 1 is 1.43 bits per heavy atom. The van der Waals surface area contributed by atoms with Crippen molar-refractivity contribution in [2.24, 2.45) is 0 Å². The van der Waals surface area contributed by atoms with Crippen LogP contribution in [0.15, 0.2) is 24.3 Å². The zero-order chi connectivity index (χ0) is 15.2. The number of nitrogens with one attached hydrogen (secondary N) is 1. The van der Waals surface area contributed by atoms with Crippen LogP contribution in [-0.4, -0.2) is 42.7 Å². The molecular formula is C15H20N2O4. The molecule has 1 unspecified atom stereocenters. The number of hydrogen-bond donors (Lipinski definition) is 2. The molecule has 2 amide bonds. The fourth-order valence-electron chi connectivity index (χ4n) is 2.26. The number of aliphatic hydroxyl groups excluding tert-OH is 1. The van der Waals surface area contributed by atoms with E-state index in [9.17, 15) is 9.59 Å². The highest BCUT2D eigenvalue weighted by molar-refractivity contribution is 6.00. The molecular weight excluding hydrogens is 272 g/mol. The predicted molar refractivity (Wildman–Crippen MR) is 78.2 cm³/mol. The van der Waals surface area contributed by atoms with Crippen LogP contribution < -0.4 is 15.0 Å². The summed E-state index contributed by atoms with van der Waals surface area (Å²) in [7, 11) is 0. The lowest BCUT2D eigenvalue weighted by Gasteiger charge is -2.33. The van der Waals surface area contributed by atoms with Gasteiger partial charge in [-0.05, 0) is 18.6 Å². The predicted octanol–water partition coefficient (Wildman–Crippen LogP) is 0.689. The maximum Gasteiger partial charge on any atom is 0.268 e. The molecule has 1 aliphatic rings. The molecule has 1 atom stereocenters. The van der Waals surface area contributed by atoms with Crippen molar-refractivity contribution in [3.63, 3.8) is 0 Å². The van der Waals surface area contributed by atoms with Gasteiger partial charge in [-0.2, -0.15) is 0 Å². The minimum atomic E-state index is -0.500.